The Morgan fingerprint density at radius 1 is 1.40 bits per heavy atom. The molecule has 1 saturated heterocycles. The van der Waals surface area contributed by atoms with Crippen LogP contribution in [0.5, 0.6) is 0 Å². The monoisotopic (exact) mass is 276 g/mol. The predicted molar refractivity (Wildman–Crippen MR) is 75.4 cm³/mol. The summed E-state index contributed by atoms with van der Waals surface area (Å²) in [5, 5.41) is 3.38. The van der Waals surface area contributed by atoms with Crippen LogP contribution in [0, 0.1) is 11.7 Å². The van der Waals surface area contributed by atoms with Crippen molar-refractivity contribution in [1.29, 1.82) is 0 Å². The van der Waals surface area contributed by atoms with Crippen LogP contribution in [0.25, 0.3) is 0 Å². The van der Waals surface area contributed by atoms with Gasteiger partial charge in [0.25, 0.3) is 0 Å². The molecular weight excluding hydrogens is 255 g/mol. The molecule has 1 aromatic rings. The zero-order valence-corrected chi connectivity index (χ0v) is 11.8. The third-order valence-electron chi connectivity index (χ3n) is 4.15. The number of halogens is 1. The Hall–Kier alpha value is -1.42. The van der Waals surface area contributed by atoms with E-state index in [1.54, 1.807) is 6.07 Å². The van der Waals surface area contributed by atoms with Crippen molar-refractivity contribution in [2.45, 2.75) is 44.8 Å². The highest BCUT2D eigenvalue weighted by Crippen LogP contribution is 2.35. The number of rotatable bonds is 5. The summed E-state index contributed by atoms with van der Waals surface area (Å²) >= 11 is 0. The molecule has 4 heteroatoms. The van der Waals surface area contributed by atoms with E-state index < -0.39 is 0 Å². The molecule has 1 aliphatic heterocycles. The molecule has 3 rings (SSSR count). The molecule has 2 atom stereocenters. The van der Waals surface area contributed by atoms with Gasteiger partial charge >= 0.3 is 0 Å². The van der Waals surface area contributed by atoms with Crippen molar-refractivity contribution in [3.8, 4) is 0 Å². The Morgan fingerprint density at radius 2 is 2.20 bits per heavy atom. The van der Waals surface area contributed by atoms with E-state index in [0.717, 1.165) is 24.9 Å². The van der Waals surface area contributed by atoms with Gasteiger partial charge in [0.05, 0.1) is 6.04 Å². The third-order valence-corrected chi connectivity index (χ3v) is 4.15. The van der Waals surface area contributed by atoms with E-state index in [0.29, 0.717) is 5.92 Å². The van der Waals surface area contributed by atoms with Gasteiger partial charge in [0.1, 0.15) is 12.0 Å². The molecule has 1 aromatic carbocycles. The molecule has 3 nitrogen and oxygen atoms in total. The molecule has 2 fully saturated rings. The lowest BCUT2D eigenvalue weighted by atomic mass is 10.1. The van der Waals surface area contributed by atoms with Gasteiger partial charge in [-0.25, -0.2) is 4.39 Å². The molecule has 1 aliphatic carbocycles. The van der Waals surface area contributed by atoms with Crippen molar-refractivity contribution < 1.29 is 9.18 Å². The summed E-state index contributed by atoms with van der Waals surface area (Å²) in [6, 6.07) is 6.45. The number of benzene rings is 1. The number of amides is 1. The van der Waals surface area contributed by atoms with Gasteiger partial charge in [-0.3, -0.25) is 10.1 Å². The lowest BCUT2D eigenvalue weighted by Gasteiger charge is -2.24. The minimum atomic E-state index is -0.248. The molecular formula is C16H21FN2O. The summed E-state index contributed by atoms with van der Waals surface area (Å²) in [5.41, 5.74) is 0.845. The highest BCUT2D eigenvalue weighted by Gasteiger charge is 2.41. The Balaban J connectivity index is 1.83. The second kappa shape index (κ2) is 5.52. The standard InChI is InChI=1S/C16H21FN2O/c1-2-4-14-16(20)19(10-11-7-8-11)15(18-14)12-5-3-6-13(17)9-12/h3,5-6,9,11,14-15,18H,2,4,7-8,10H2,1H3. The molecule has 1 heterocycles. The third kappa shape index (κ3) is 2.70. The van der Waals surface area contributed by atoms with Gasteiger partial charge in [-0.05, 0) is 42.9 Å². The number of hydrogen-bond acceptors (Lipinski definition) is 2. The summed E-state index contributed by atoms with van der Waals surface area (Å²) in [7, 11) is 0. The Bertz CT molecular complexity index is 501. The smallest absolute Gasteiger partial charge is 0.241 e. The van der Waals surface area contributed by atoms with Crippen molar-refractivity contribution >= 4 is 5.91 Å². The Kier molecular flexibility index (Phi) is 3.74. The van der Waals surface area contributed by atoms with Gasteiger partial charge in [0.15, 0.2) is 0 Å². The summed E-state index contributed by atoms with van der Waals surface area (Å²) in [5.74, 6) is 0.562. The summed E-state index contributed by atoms with van der Waals surface area (Å²) < 4.78 is 13.4. The zero-order chi connectivity index (χ0) is 14.1. The molecule has 1 amide bonds. The normalized spacial score (nSPS) is 26.3. The minimum absolute atomic E-state index is 0.119. The summed E-state index contributed by atoms with van der Waals surface area (Å²) in [6.45, 7) is 2.88. The van der Waals surface area contributed by atoms with E-state index in [9.17, 15) is 9.18 Å². The van der Waals surface area contributed by atoms with Gasteiger partial charge in [-0.15, -0.1) is 0 Å². The number of nitrogens with one attached hydrogen (secondary N) is 1. The van der Waals surface area contributed by atoms with Crippen LogP contribution in [0.15, 0.2) is 24.3 Å². The first-order chi connectivity index (χ1) is 9.69. The van der Waals surface area contributed by atoms with Crippen molar-refractivity contribution in [2.24, 2.45) is 5.92 Å². The number of carbonyl (C=O) groups is 1. The fourth-order valence-corrected chi connectivity index (χ4v) is 2.90. The first kappa shape index (κ1) is 13.6. The van der Waals surface area contributed by atoms with Crippen LogP contribution in [-0.2, 0) is 4.79 Å². The van der Waals surface area contributed by atoms with E-state index in [4.69, 9.17) is 0 Å². The maximum absolute atomic E-state index is 13.4. The van der Waals surface area contributed by atoms with Crippen LogP contribution in [0.3, 0.4) is 0 Å². The Morgan fingerprint density at radius 3 is 2.85 bits per heavy atom. The molecule has 2 unspecified atom stereocenters. The summed E-state index contributed by atoms with van der Waals surface area (Å²) in [4.78, 5) is 14.4. The van der Waals surface area contributed by atoms with Crippen LogP contribution < -0.4 is 5.32 Å². The van der Waals surface area contributed by atoms with Crippen LogP contribution in [0.1, 0.15) is 44.3 Å². The SMILES string of the molecule is CCCC1NC(c2cccc(F)c2)N(CC2CC2)C1=O. The molecule has 0 radical (unpaired) electrons. The molecule has 2 aliphatic rings. The van der Waals surface area contributed by atoms with E-state index in [1.165, 1.54) is 25.0 Å². The quantitative estimate of drug-likeness (QED) is 0.897. The Labute approximate surface area is 119 Å². The van der Waals surface area contributed by atoms with Crippen molar-refractivity contribution in [2.75, 3.05) is 6.54 Å². The molecule has 108 valence electrons. The molecule has 1 N–H and O–H groups in total. The lowest BCUT2D eigenvalue weighted by Crippen LogP contribution is -2.32. The second-order valence-electron chi connectivity index (χ2n) is 5.90. The highest BCUT2D eigenvalue weighted by molar-refractivity contribution is 5.84. The molecule has 0 aromatic heterocycles. The molecule has 1 saturated carbocycles. The van der Waals surface area contributed by atoms with Gasteiger partial charge in [-0.1, -0.05) is 25.5 Å². The van der Waals surface area contributed by atoms with E-state index >= 15 is 0 Å². The van der Waals surface area contributed by atoms with Crippen molar-refractivity contribution in [3.63, 3.8) is 0 Å². The fourth-order valence-electron chi connectivity index (χ4n) is 2.90. The number of carbonyl (C=O) groups excluding carboxylic acids is 1. The lowest BCUT2D eigenvalue weighted by molar-refractivity contribution is -0.130. The van der Waals surface area contributed by atoms with E-state index in [-0.39, 0.29) is 23.9 Å². The number of hydrogen-bond donors (Lipinski definition) is 1. The average molecular weight is 276 g/mol. The van der Waals surface area contributed by atoms with Crippen molar-refractivity contribution in [3.05, 3.63) is 35.6 Å². The highest BCUT2D eigenvalue weighted by atomic mass is 19.1. The molecule has 20 heavy (non-hydrogen) atoms. The first-order valence-corrected chi connectivity index (χ1v) is 7.51. The summed E-state index contributed by atoms with van der Waals surface area (Å²) in [6.07, 6.45) is 4.05. The minimum Gasteiger partial charge on any atom is -0.321 e. The average Bonchev–Trinajstić information content (AvgIpc) is 3.19. The zero-order valence-electron chi connectivity index (χ0n) is 11.8. The largest absolute Gasteiger partial charge is 0.321 e. The van der Waals surface area contributed by atoms with Crippen LogP contribution in [0.2, 0.25) is 0 Å². The number of nitrogens with zero attached hydrogens (tertiary/aromatic N) is 1. The predicted octanol–water partition coefficient (Wildman–Crippen LogP) is 2.83. The van der Waals surface area contributed by atoms with Crippen LogP contribution >= 0.6 is 0 Å². The van der Waals surface area contributed by atoms with Crippen molar-refractivity contribution in [1.82, 2.24) is 10.2 Å². The maximum atomic E-state index is 13.4. The van der Waals surface area contributed by atoms with Gasteiger partial charge in [0, 0.05) is 6.54 Å². The van der Waals surface area contributed by atoms with Crippen LogP contribution in [0.4, 0.5) is 4.39 Å². The molecule has 0 bridgehead atoms. The van der Waals surface area contributed by atoms with E-state index in [2.05, 4.69) is 12.2 Å². The van der Waals surface area contributed by atoms with Gasteiger partial charge < -0.3 is 4.90 Å². The molecule has 0 spiro atoms. The fraction of sp³-hybridized carbons (Fsp3) is 0.562. The van der Waals surface area contributed by atoms with Gasteiger partial charge in [-0.2, -0.15) is 0 Å². The maximum Gasteiger partial charge on any atom is 0.241 e. The van der Waals surface area contributed by atoms with Crippen LogP contribution in [-0.4, -0.2) is 23.4 Å². The second-order valence-corrected chi connectivity index (χ2v) is 5.90. The topological polar surface area (TPSA) is 32.3 Å². The van der Waals surface area contributed by atoms with E-state index in [1.807, 2.05) is 11.0 Å². The first-order valence-electron chi connectivity index (χ1n) is 7.51. The van der Waals surface area contributed by atoms with Gasteiger partial charge in [0.2, 0.25) is 5.91 Å².